The molecule has 0 N–H and O–H groups in total. The Hall–Kier alpha value is -2.01. The van der Waals surface area contributed by atoms with Crippen LogP contribution in [0.15, 0.2) is 18.2 Å². The van der Waals surface area contributed by atoms with Crippen LogP contribution in [-0.4, -0.2) is 37.4 Å². The molecule has 120 valence electrons. The van der Waals surface area contributed by atoms with Crippen LogP contribution in [0, 0.1) is 11.3 Å². The van der Waals surface area contributed by atoms with E-state index in [-0.39, 0.29) is 19.2 Å². The molecule has 3 rings (SSSR count). The van der Waals surface area contributed by atoms with Gasteiger partial charge in [-0.05, 0) is 24.6 Å². The van der Waals surface area contributed by atoms with Crippen LogP contribution < -0.4 is 4.90 Å². The fourth-order valence-corrected chi connectivity index (χ4v) is 3.54. The van der Waals surface area contributed by atoms with Crippen molar-refractivity contribution in [1.82, 2.24) is 4.98 Å². The van der Waals surface area contributed by atoms with Crippen LogP contribution >= 0.6 is 11.3 Å². The summed E-state index contributed by atoms with van der Waals surface area (Å²) in [6.07, 6.45) is 1.64. The number of carbonyl (C=O) groups is 1. The predicted molar refractivity (Wildman–Crippen MR) is 87.3 cm³/mol. The number of methoxy groups -OCH3 is 1. The van der Waals surface area contributed by atoms with Gasteiger partial charge >= 0.3 is 0 Å². The number of hydrogen-bond acceptors (Lipinski definition) is 6. The lowest BCUT2D eigenvalue weighted by atomic mass is 10.2. The third-order valence-corrected chi connectivity index (χ3v) is 4.75. The lowest BCUT2D eigenvalue weighted by Crippen LogP contribution is -2.31. The van der Waals surface area contributed by atoms with E-state index in [0.717, 1.165) is 33.8 Å². The molecule has 0 bridgehead atoms. The molecule has 1 aliphatic heterocycles. The molecule has 7 heteroatoms. The summed E-state index contributed by atoms with van der Waals surface area (Å²) in [7, 11) is 1.55. The SMILES string of the molecule is COC[C@@H]1OCN(c2ccc3nc(CCCC#N)sc3c2)C1=O. The highest BCUT2D eigenvalue weighted by Crippen LogP contribution is 2.29. The number of thiazole rings is 1. The van der Waals surface area contributed by atoms with E-state index in [1.54, 1.807) is 23.3 Å². The van der Waals surface area contributed by atoms with Crippen molar-refractivity contribution in [3.63, 3.8) is 0 Å². The highest BCUT2D eigenvalue weighted by atomic mass is 32.1. The molecule has 2 heterocycles. The highest BCUT2D eigenvalue weighted by Gasteiger charge is 2.33. The van der Waals surface area contributed by atoms with Gasteiger partial charge in [-0.25, -0.2) is 4.98 Å². The van der Waals surface area contributed by atoms with Crippen molar-refractivity contribution in [2.24, 2.45) is 0 Å². The fourth-order valence-electron chi connectivity index (χ4n) is 2.50. The number of benzene rings is 1. The van der Waals surface area contributed by atoms with E-state index < -0.39 is 6.10 Å². The first-order chi connectivity index (χ1) is 11.2. The Morgan fingerprint density at radius 1 is 1.57 bits per heavy atom. The van der Waals surface area contributed by atoms with Crippen LogP contribution in [0.2, 0.25) is 0 Å². The Morgan fingerprint density at radius 2 is 2.43 bits per heavy atom. The van der Waals surface area contributed by atoms with E-state index in [1.165, 1.54) is 0 Å². The van der Waals surface area contributed by atoms with E-state index in [9.17, 15) is 4.79 Å². The molecule has 0 spiro atoms. The van der Waals surface area contributed by atoms with Crippen molar-refractivity contribution in [3.8, 4) is 6.07 Å². The fraction of sp³-hybridized carbons (Fsp3) is 0.438. The zero-order valence-electron chi connectivity index (χ0n) is 12.8. The van der Waals surface area contributed by atoms with Crippen molar-refractivity contribution < 1.29 is 14.3 Å². The number of nitriles is 1. The maximum absolute atomic E-state index is 12.3. The molecule has 6 nitrogen and oxygen atoms in total. The van der Waals surface area contributed by atoms with Crippen molar-refractivity contribution in [2.45, 2.75) is 25.4 Å². The number of hydrogen-bond donors (Lipinski definition) is 0. The van der Waals surface area contributed by atoms with E-state index >= 15 is 0 Å². The minimum atomic E-state index is -0.529. The second kappa shape index (κ2) is 7.04. The average Bonchev–Trinajstić information content (AvgIpc) is 3.11. The Kier molecular flexibility index (Phi) is 4.86. The lowest BCUT2D eigenvalue weighted by molar-refractivity contribution is -0.124. The summed E-state index contributed by atoms with van der Waals surface area (Å²) < 4.78 is 11.5. The van der Waals surface area contributed by atoms with Gasteiger partial charge in [0.25, 0.3) is 5.91 Å². The van der Waals surface area contributed by atoms with Gasteiger partial charge in [-0.15, -0.1) is 11.3 Å². The lowest BCUT2D eigenvalue weighted by Gasteiger charge is -2.14. The minimum Gasteiger partial charge on any atom is -0.381 e. The first kappa shape index (κ1) is 15.9. The van der Waals surface area contributed by atoms with Crippen molar-refractivity contribution in [2.75, 3.05) is 25.3 Å². The Morgan fingerprint density at radius 3 is 3.22 bits per heavy atom. The summed E-state index contributed by atoms with van der Waals surface area (Å²) in [4.78, 5) is 18.5. The van der Waals surface area contributed by atoms with Crippen molar-refractivity contribution >= 4 is 33.1 Å². The van der Waals surface area contributed by atoms with E-state index in [2.05, 4.69) is 11.1 Å². The van der Waals surface area contributed by atoms with E-state index in [0.29, 0.717) is 6.42 Å². The molecule has 1 aromatic heterocycles. The third-order valence-electron chi connectivity index (χ3n) is 3.67. The van der Waals surface area contributed by atoms with Crippen LogP contribution in [0.3, 0.4) is 0 Å². The maximum Gasteiger partial charge on any atom is 0.260 e. The molecule has 0 unspecified atom stereocenters. The van der Waals surface area contributed by atoms with Gasteiger partial charge in [-0.3, -0.25) is 9.69 Å². The van der Waals surface area contributed by atoms with Crippen LogP contribution in [0.4, 0.5) is 5.69 Å². The van der Waals surface area contributed by atoms with E-state index in [1.807, 2.05) is 18.2 Å². The van der Waals surface area contributed by atoms with Crippen LogP contribution in [-0.2, 0) is 20.7 Å². The smallest absolute Gasteiger partial charge is 0.260 e. The van der Waals surface area contributed by atoms with Gasteiger partial charge in [-0.1, -0.05) is 0 Å². The topological polar surface area (TPSA) is 75.5 Å². The van der Waals surface area contributed by atoms with Gasteiger partial charge in [0.15, 0.2) is 6.10 Å². The molecule has 23 heavy (non-hydrogen) atoms. The summed E-state index contributed by atoms with van der Waals surface area (Å²) in [6.45, 7) is 0.507. The van der Waals surface area contributed by atoms with Crippen LogP contribution in [0.1, 0.15) is 17.8 Å². The second-order valence-corrected chi connectivity index (χ2v) is 6.39. The molecular formula is C16H17N3O3S. The molecule has 0 saturated carbocycles. The normalized spacial score (nSPS) is 17.8. The Labute approximate surface area is 138 Å². The molecule has 0 radical (unpaired) electrons. The summed E-state index contributed by atoms with van der Waals surface area (Å²) in [5.41, 5.74) is 1.74. The Bertz CT molecular complexity index is 753. The number of ether oxygens (including phenoxy) is 2. The zero-order chi connectivity index (χ0) is 16.2. The number of nitrogens with zero attached hydrogens (tertiary/aromatic N) is 3. The molecule has 0 aliphatic carbocycles. The molecular weight excluding hydrogens is 314 g/mol. The highest BCUT2D eigenvalue weighted by molar-refractivity contribution is 7.18. The molecule has 1 aromatic carbocycles. The van der Waals surface area contributed by atoms with Gasteiger partial charge in [0, 0.05) is 25.6 Å². The number of carbonyl (C=O) groups excluding carboxylic acids is 1. The van der Waals surface area contributed by atoms with Gasteiger partial charge in [0.05, 0.1) is 27.9 Å². The van der Waals surface area contributed by atoms with Crippen molar-refractivity contribution in [1.29, 1.82) is 5.26 Å². The monoisotopic (exact) mass is 331 g/mol. The number of aryl methyl sites for hydroxylation is 1. The number of amides is 1. The standard InChI is InChI=1S/C16H17N3O3S/c1-21-9-13-16(20)19(10-22-13)11-5-6-12-14(8-11)23-15(18-12)4-2-3-7-17/h5-6,8,13H,2-4,9-10H2,1H3/t13-/m0/s1. The number of fused-ring (bicyclic) bond motifs is 1. The average molecular weight is 331 g/mol. The first-order valence-corrected chi connectivity index (χ1v) is 8.23. The van der Waals surface area contributed by atoms with Gasteiger partial charge in [0.1, 0.15) is 6.73 Å². The van der Waals surface area contributed by atoms with Crippen LogP contribution in [0.25, 0.3) is 10.2 Å². The van der Waals surface area contributed by atoms with Crippen LogP contribution in [0.5, 0.6) is 0 Å². The molecule has 2 aromatic rings. The number of rotatable bonds is 6. The number of aromatic nitrogens is 1. The molecule has 1 saturated heterocycles. The summed E-state index contributed by atoms with van der Waals surface area (Å²) >= 11 is 1.61. The summed E-state index contributed by atoms with van der Waals surface area (Å²) in [6, 6.07) is 7.92. The summed E-state index contributed by atoms with van der Waals surface area (Å²) in [5, 5.41) is 9.62. The third kappa shape index (κ3) is 3.34. The quantitative estimate of drug-likeness (QED) is 0.760. The number of anilines is 1. The summed E-state index contributed by atoms with van der Waals surface area (Å²) in [5.74, 6) is -0.0787. The van der Waals surface area contributed by atoms with Gasteiger partial charge in [0.2, 0.25) is 0 Å². The van der Waals surface area contributed by atoms with E-state index in [4.69, 9.17) is 14.7 Å². The van der Waals surface area contributed by atoms with Gasteiger partial charge < -0.3 is 9.47 Å². The van der Waals surface area contributed by atoms with Crippen molar-refractivity contribution in [3.05, 3.63) is 23.2 Å². The molecule has 1 atom stereocenters. The predicted octanol–water partition coefficient (Wildman–Crippen LogP) is 2.48. The molecule has 1 aliphatic rings. The largest absolute Gasteiger partial charge is 0.381 e. The van der Waals surface area contributed by atoms with Gasteiger partial charge in [-0.2, -0.15) is 5.26 Å². The Balaban J connectivity index is 1.78. The number of unbranched alkanes of at least 4 members (excludes halogenated alkanes) is 1. The zero-order valence-corrected chi connectivity index (χ0v) is 13.6. The molecule has 1 fully saturated rings. The maximum atomic E-state index is 12.3. The first-order valence-electron chi connectivity index (χ1n) is 7.41. The second-order valence-electron chi connectivity index (χ2n) is 5.28. The minimum absolute atomic E-state index is 0.0787. The molecule has 1 amide bonds.